The fourth-order valence-electron chi connectivity index (χ4n) is 3.91. The number of carbonyl (C=O) groups is 2. The molecule has 0 aliphatic rings. The van der Waals surface area contributed by atoms with E-state index in [0.29, 0.717) is 22.4 Å². The van der Waals surface area contributed by atoms with Crippen LogP contribution in [-0.4, -0.2) is 27.6 Å². The van der Waals surface area contributed by atoms with Gasteiger partial charge in [-0.15, -0.1) is 0 Å². The maximum Gasteiger partial charge on any atom is 0.326 e. The fraction of sp³-hybridized carbons (Fsp3) is 0.115. The van der Waals surface area contributed by atoms with Crippen molar-refractivity contribution in [1.82, 2.24) is 9.88 Å². The molecule has 0 aliphatic carbocycles. The zero-order valence-corrected chi connectivity index (χ0v) is 20.1. The Labute approximate surface area is 210 Å². The molecule has 0 fully saturated rings. The number of aromatic nitrogens is 1. The highest BCUT2D eigenvalue weighted by Crippen LogP contribution is 2.25. The van der Waals surface area contributed by atoms with Crippen molar-refractivity contribution in [3.05, 3.63) is 98.3 Å². The van der Waals surface area contributed by atoms with E-state index in [9.17, 15) is 19.5 Å². The number of aryl methyl sites for hydroxylation is 1. The highest BCUT2D eigenvalue weighted by atomic mass is 35.5. The number of pyridine rings is 1. The minimum absolute atomic E-state index is 0.0187. The normalized spacial score (nSPS) is 11.9. The smallest absolute Gasteiger partial charge is 0.326 e. The zero-order valence-electron chi connectivity index (χ0n) is 18.6. The number of rotatable bonds is 6. The van der Waals surface area contributed by atoms with Crippen LogP contribution in [0.2, 0.25) is 10.0 Å². The van der Waals surface area contributed by atoms with Crippen LogP contribution in [0.15, 0.2) is 71.5 Å². The van der Waals surface area contributed by atoms with E-state index in [0.717, 1.165) is 10.9 Å². The van der Waals surface area contributed by atoms with E-state index in [1.165, 1.54) is 12.1 Å². The fourth-order valence-corrected chi connectivity index (χ4v) is 4.48. The molecular formula is C26H21Cl2N3O4. The Kier molecular flexibility index (Phi) is 6.82. The van der Waals surface area contributed by atoms with E-state index in [4.69, 9.17) is 28.9 Å². The van der Waals surface area contributed by atoms with Gasteiger partial charge >= 0.3 is 5.97 Å². The molecule has 0 aliphatic heterocycles. The Morgan fingerprint density at radius 3 is 2.31 bits per heavy atom. The average molecular weight is 510 g/mol. The number of carboxylic acids is 1. The number of fused-ring (bicyclic) bond motifs is 1. The van der Waals surface area contributed by atoms with Crippen molar-refractivity contribution in [2.75, 3.05) is 5.73 Å². The summed E-state index contributed by atoms with van der Waals surface area (Å²) in [5, 5.41) is 13.2. The summed E-state index contributed by atoms with van der Waals surface area (Å²) in [6.07, 6.45) is 0.0235. The van der Waals surface area contributed by atoms with Crippen LogP contribution >= 0.6 is 23.2 Å². The first kappa shape index (κ1) is 24.3. The van der Waals surface area contributed by atoms with Crippen molar-refractivity contribution < 1.29 is 14.7 Å². The number of carboxylic acid groups (broad SMARTS) is 1. The van der Waals surface area contributed by atoms with E-state index in [-0.39, 0.29) is 27.6 Å². The van der Waals surface area contributed by atoms with Crippen molar-refractivity contribution in [3.63, 3.8) is 0 Å². The lowest BCUT2D eigenvalue weighted by Crippen LogP contribution is -2.42. The van der Waals surface area contributed by atoms with Crippen LogP contribution in [0.1, 0.15) is 15.9 Å². The summed E-state index contributed by atoms with van der Waals surface area (Å²) in [6.45, 7) is 0. The SMILES string of the molecule is Cn1c(=O)c(-c2ccc(C[C@H](NC(=O)c3c(Cl)cccc3Cl)C(=O)O)cc2)cc2cc(N)ccc21. The first-order valence-electron chi connectivity index (χ1n) is 10.6. The number of aliphatic carboxylic acids is 1. The highest BCUT2D eigenvalue weighted by molar-refractivity contribution is 6.39. The Bertz CT molecular complexity index is 1490. The molecule has 1 atom stereocenters. The van der Waals surface area contributed by atoms with E-state index in [1.807, 2.05) is 0 Å². The summed E-state index contributed by atoms with van der Waals surface area (Å²) in [5.41, 5.74) is 8.95. The minimum Gasteiger partial charge on any atom is -0.480 e. The van der Waals surface area contributed by atoms with Crippen LogP contribution in [0.5, 0.6) is 0 Å². The quantitative estimate of drug-likeness (QED) is 0.330. The summed E-state index contributed by atoms with van der Waals surface area (Å²) in [5.74, 6) is -1.88. The molecule has 35 heavy (non-hydrogen) atoms. The molecule has 1 heterocycles. The second kappa shape index (κ2) is 9.82. The maximum atomic E-state index is 12.9. The molecule has 3 aromatic carbocycles. The van der Waals surface area contributed by atoms with Gasteiger partial charge in [-0.1, -0.05) is 53.5 Å². The predicted molar refractivity (Wildman–Crippen MR) is 138 cm³/mol. The summed E-state index contributed by atoms with van der Waals surface area (Å²) in [4.78, 5) is 37.4. The first-order chi connectivity index (χ1) is 16.7. The first-order valence-corrected chi connectivity index (χ1v) is 11.4. The summed E-state index contributed by atoms with van der Waals surface area (Å²) in [6, 6.07) is 17.5. The van der Waals surface area contributed by atoms with Gasteiger partial charge in [-0.3, -0.25) is 9.59 Å². The number of nitrogens with two attached hydrogens (primary N) is 1. The van der Waals surface area contributed by atoms with Crippen molar-refractivity contribution >= 4 is 51.7 Å². The van der Waals surface area contributed by atoms with Crippen molar-refractivity contribution in [3.8, 4) is 11.1 Å². The molecule has 0 unspecified atom stereocenters. The molecule has 9 heteroatoms. The molecular weight excluding hydrogens is 489 g/mol. The number of hydrogen-bond donors (Lipinski definition) is 3. The second-order valence-corrected chi connectivity index (χ2v) is 8.92. The molecule has 4 N–H and O–H groups in total. The predicted octanol–water partition coefficient (Wildman–Crippen LogP) is 4.52. The number of hydrogen-bond acceptors (Lipinski definition) is 4. The zero-order chi connectivity index (χ0) is 25.3. The summed E-state index contributed by atoms with van der Waals surface area (Å²) in [7, 11) is 1.70. The molecule has 0 saturated carbocycles. The molecule has 0 bridgehead atoms. The number of nitrogens with zero attached hydrogens (tertiary/aromatic N) is 1. The van der Waals surface area contributed by atoms with Gasteiger partial charge in [0.1, 0.15) is 6.04 Å². The number of carbonyl (C=O) groups excluding carboxylic acids is 1. The van der Waals surface area contributed by atoms with E-state index in [1.54, 1.807) is 66.2 Å². The van der Waals surface area contributed by atoms with Gasteiger partial charge in [0.25, 0.3) is 11.5 Å². The lowest BCUT2D eigenvalue weighted by Gasteiger charge is -2.16. The van der Waals surface area contributed by atoms with Gasteiger partial charge in [-0.2, -0.15) is 0 Å². The minimum atomic E-state index is -1.21. The van der Waals surface area contributed by atoms with Gasteiger partial charge in [-0.25, -0.2) is 4.79 Å². The molecule has 1 aromatic heterocycles. The molecule has 4 rings (SSSR count). The van der Waals surface area contributed by atoms with Crippen LogP contribution in [0, 0.1) is 0 Å². The van der Waals surface area contributed by atoms with E-state index < -0.39 is 17.9 Å². The standard InChI is InChI=1S/C26H21Cl2N3O4/c1-31-22-10-9-17(29)12-16(22)13-18(25(31)33)15-7-5-14(6-8-15)11-21(26(34)35)30-24(32)23-19(27)3-2-4-20(23)28/h2-10,12-13,21H,11,29H2,1H3,(H,30,32)(H,34,35)/t21-/m0/s1. The van der Waals surface area contributed by atoms with Gasteiger partial charge < -0.3 is 20.7 Å². The van der Waals surface area contributed by atoms with E-state index >= 15 is 0 Å². The Hall–Kier alpha value is -3.81. The number of benzene rings is 3. The molecule has 7 nitrogen and oxygen atoms in total. The van der Waals surface area contributed by atoms with Gasteiger partial charge in [0.05, 0.1) is 21.1 Å². The Morgan fingerprint density at radius 1 is 1.03 bits per heavy atom. The van der Waals surface area contributed by atoms with Crippen molar-refractivity contribution in [1.29, 1.82) is 0 Å². The number of anilines is 1. The Balaban J connectivity index is 1.58. The average Bonchev–Trinajstić information content (AvgIpc) is 2.81. The lowest BCUT2D eigenvalue weighted by atomic mass is 10.00. The molecule has 4 aromatic rings. The summed E-state index contributed by atoms with van der Waals surface area (Å²) >= 11 is 12.1. The van der Waals surface area contributed by atoms with Crippen LogP contribution in [0.4, 0.5) is 5.69 Å². The van der Waals surface area contributed by atoms with Crippen LogP contribution in [0.25, 0.3) is 22.0 Å². The van der Waals surface area contributed by atoms with Crippen molar-refractivity contribution in [2.24, 2.45) is 7.05 Å². The van der Waals surface area contributed by atoms with Crippen LogP contribution in [-0.2, 0) is 18.3 Å². The number of nitrogens with one attached hydrogen (secondary N) is 1. The molecule has 0 radical (unpaired) electrons. The Morgan fingerprint density at radius 2 is 1.69 bits per heavy atom. The monoisotopic (exact) mass is 509 g/mol. The summed E-state index contributed by atoms with van der Waals surface area (Å²) < 4.78 is 1.56. The largest absolute Gasteiger partial charge is 0.480 e. The molecule has 0 saturated heterocycles. The van der Waals surface area contributed by atoms with Gasteiger partial charge in [0.2, 0.25) is 0 Å². The third kappa shape index (κ3) is 5.01. The van der Waals surface area contributed by atoms with Gasteiger partial charge in [0, 0.05) is 30.1 Å². The second-order valence-electron chi connectivity index (χ2n) is 8.10. The third-order valence-electron chi connectivity index (χ3n) is 5.75. The van der Waals surface area contributed by atoms with Crippen molar-refractivity contribution in [2.45, 2.75) is 12.5 Å². The number of nitrogen functional groups attached to an aromatic ring is 1. The highest BCUT2D eigenvalue weighted by Gasteiger charge is 2.24. The lowest BCUT2D eigenvalue weighted by molar-refractivity contribution is -0.139. The third-order valence-corrected chi connectivity index (χ3v) is 6.38. The topological polar surface area (TPSA) is 114 Å². The maximum absolute atomic E-state index is 12.9. The molecule has 1 amide bonds. The van der Waals surface area contributed by atoms with Crippen LogP contribution < -0.4 is 16.6 Å². The number of halogens is 2. The van der Waals surface area contributed by atoms with Crippen LogP contribution in [0.3, 0.4) is 0 Å². The molecule has 0 spiro atoms. The van der Waals surface area contributed by atoms with Gasteiger partial charge in [0.15, 0.2) is 0 Å². The van der Waals surface area contributed by atoms with E-state index in [2.05, 4.69) is 5.32 Å². The number of amides is 1. The van der Waals surface area contributed by atoms with Gasteiger partial charge in [-0.05, 0) is 47.5 Å². The molecule has 178 valence electrons.